The number of nitrogens with zero attached hydrogens (tertiary/aromatic N) is 1. The Morgan fingerprint density at radius 3 is 2.24 bits per heavy atom. The van der Waals surface area contributed by atoms with Crippen LogP contribution in [0, 0.1) is 0 Å². The van der Waals surface area contributed by atoms with Crippen molar-refractivity contribution in [2.75, 3.05) is 0 Å². The minimum atomic E-state index is 0.244. The van der Waals surface area contributed by atoms with Gasteiger partial charge < -0.3 is 5.32 Å². The summed E-state index contributed by atoms with van der Waals surface area (Å²) in [6.45, 7) is 7.53. The fraction of sp³-hybridized carbons (Fsp3) is 0.615. The number of aromatic nitrogens is 1. The van der Waals surface area contributed by atoms with E-state index >= 15 is 0 Å². The molecule has 0 aliphatic heterocycles. The van der Waals surface area contributed by atoms with Gasteiger partial charge in [-0.1, -0.05) is 20.8 Å². The van der Waals surface area contributed by atoms with Crippen LogP contribution >= 0.6 is 31.9 Å². The maximum absolute atomic E-state index is 4.43. The zero-order valence-corrected chi connectivity index (χ0v) is 13.9. The van der Waals surface area contributed by atoms with E-state index in [2.05, 4.69) is 62.9 Å². The summed E-state index contributed by atoms with van der Waals surface area (Å²) in [6, 6.07) is 2.04. The lowest BCUT2D eigenvalue weighted by Gasteiger charge is -2.32. The first-order chi connectivity index (χ1) is 8.06. The fourth-order valence-electron chi connectivity index (χ4n) is 1.97. The largest absolute Gasteiger partial charge is 0.306 e. The Labute approximate surface area is 121 Å². The van der Waals surface area contributed by atoms with Crippen molar-refractivity contribution in [3.8, 4) is 0 Å². The third-order valence-electron chi connectivity index (χ3n) is 3.55. The Kier molecular flexibility index (Phi) is 6.10. The van der Waals surface area contributed by atoms with E-state index in [1.807, 2.05) is 12.3 Å². The highest BCUT2D eigenvalue weighted by Crippen LogP contribution is 2.23. The summed E-state index contributed by atoms with van der Waals surface area (Å²) in [5.74, 6) is 0. The molecular formula is C13H20Br2N2. The Hall–Kier alpha value is 0.0700. The molecule has 0 spiro atoms. The lowest BCUT2D eigenvalue weighted by atomic mass is 9.90. The molecule has 0 saturated carbocycles. The first-order valence-corrected chi connectivity index (χ1v) is 7.70. The molecule has 0 aliphatic carbocycles. The summed E-state index contributed by atoms with van der Waals surface area (Å²) in [4.78, 5) is 4.43. The molecule has 1 N–H and O–H groups in total. The molecule has 1 rings (SSSR count). The van der Waals surface area contributed by atoms with Gasteiger partial charge in [0.25, 0.3) is 0 Å². The van der Waals surface area contributed by atoms with E-state index in [1.165, 1.54) is 0 Å². The molecule has 1 aromatic heterocycles. The average Bonchev–Trinajstić information content (AvgIpc) is 2.33. The van der Waals surface area contributed by atoms with Crippen LogP contribution in [0.2, 0.25) is 0 Å². The van der Waals surface area contributed by atoms with E-state index in [-0.39, 0.29) is 5.54 Å². The van der Waals surface area contributed by atoms with E-state index in [9.17, 15) is 0 Å². The van der Waals surface area contributed by atoms with E-state index < -0.39 is 0 Å². The Morgan fingerprint density at radius 1 is 1.18 bits per heavy atom. The topological polar surface area (TPSA) is 24.9 Å². The molecule has 0 fully saturated rings. The van der Waals surface area contributed by atoms with Gasteiger partial charge in [0, 0.05) is 27.2 Å². The van der Waals surface area contributed by atoms with Gasteiger partial charge in [0.15, 0.2) is 0 Å². The van der Waals surface area contributed by atoms with Gasteiger partial charge in [-0.05, 0) is 57.2 Å². The van der Waals surface area contributed by atoms with E-state index in [0.29, 0.717) is 0 Å². The summed E-state index contributed by atoms with van der Waals surface area (Å²) >= 11 is 6.96. The van der Waals surface area contributed by atoms with Gasteiger partial charge in [-0.15, -0.1) is 0 Å². The van der Waals surface area contributed by atoms with Crippen molar-refractivity contribution in [2.24, 2.45) is 0 Å². The summed E-state index contributed by atoms with van der Waals surface area (Å²) in [5, 5.41) is 3.65. The van der Waals surface area contributed by atoms with Gasteiger partial charge in [0.2, 0.25) is 0 Å². The smallest absolute Gasteiger partial charge is 0.0684 e. The summed E-state index contributed by atoms with van der Waals surface area (Å²) in [6.07, 6.45) is 5.28. The molecule has 0 aliphatic rings. The minimum Gasteiger partial charge on any atom is -0.306 e. The Balaban J connectivity index is 2.72. The number of halogens is 2. The standard InChI is InChI=1S/C13H20Br2N2/c1-4-13(5-2,6-3)17-9-12-11(15)7-10(14)8-16-12/h7-8,17H,4-6,9H2,1-3H3. The highest BCUT2D eigenvalue weighted by atomic mass is 79.9. The first-order valence-electron chi connectivity index (χ1n) is 6.11. The van der Waals surface area contributed by atoms with Gasteiger partial charge in [-0.25, -0.2) is 0 Å². The second kappa shape index (κ2) is 6.86. The summed E-state index contributed by atoms with van der Waals surface area (Å²) in [7, 11) is 0. The molecular weight excluding hydrogens is 344 g/mol. The molecule has 0 atom stereocenters. The first kappa shape index (κ1) is 15.1. The SMILES string of the molecule is CCC(CC)(CC)NCc1ncc(Br)cc1Br. The van der Waals surface area contributed by atoms with Crippen LogP contribution in [-0.2, 0) is 6.54 Å². The van der Waals surface area contributed by atoms with Crippen molar-refractivity contribution in [3.63, 3.8) is 0 Å². The molecule has 0 unspecified atom stereocenters. The van der Waals surface area contributed by atoms with Crippen molar-refractivity contribution >= 4 is 31.9 Å². The molecule has 96 valence electrons. The maximum atomic E-state index is 4.43. The van der Waals surface area contributed by atoms with Gasteiger partial charge in [0.1, 0.15) is 0 Å². The van der Waals surface area contributed by atoms with Crippen LogP contribution in [0.3, 0.4) is 0 Å². The van der Waals surface area contributed by atoms with Gasteiger partial charge in [-0.2, -0.15) is 0 Å². The Bertz CT molecular complexity index is 354. The van der Waals surface area contributed by atoms with Crippen LogP contribution in [0.25, 0.3) is 0 Å². The van der Waals surface area contributed by atoms with Crippen LogP contribution < -0.4 is 5.32 Å². The lowest BCUT2D eigenvalue weighted by Crippen LogP contribution is -2.43. The molecule has 2 nitrogen and oxygen atoms in total. The van der Waals surface area contributed by atoms with E-state index in [0.717, 1.165) is 40.4 Å². The molecule has 17 heavy (non-hydrogen) atoms. The number of nitrogens with one attached hydrogen (secondary N) is 1. The third-order valence-corrected chi connectivity index (χ3v) is 4.67. The van der Waals surface area contributed by atoms with E-state index in [1.54, 1.807) is 0 Å². The third kappa shape index (κ3) is 4.04. The molecule has 0 saturated heterocycles. The zero-order valence-electron chi connectivity index (χ0n) is 10.7. The predicted molar refractivity (Wildman–Crippen MR) is 80.1 cm³/mol. The highest BCUT2D eigenvalue weighted by molar-refractivity contribution is 9.11. The van der Waals surface area contributed by atoms with Crippen LogP contribution in [-0.4, -0.2) is 10.5 Å². The summed E-state index contributed by atoms with van der Waals surface area (Å²) in [5.41, 5.74) is 1.31. The van der Waals surface area contributed by atoms with Crippen LogP contribution in [0.4, 0.5) is 0 Å². The Morgan fingerprint density at radius 2 is 1.76 bits per heavy atom. The van der Waals surface area contributed by atoms with E-state index in [4.69, 9.17) is 0 Å². The summed E-state index contributed by atoms with van der Waals surface area (Å²) < 4.78 is 2.05. The molecule has 1 heterocycles. The number of rotatable bonds is 6. The monoisotopic (exact) mass is 362 g/mol. The van der Waals surface area contributed by atoms with Crippen molar-refractivity contribution in [1.29, 1.82) is 0 Å². The zero-order chi connectivity index (χ0) is 12.9. The van der Waals surface area contributed by atoms with Crippen LogP contribution in [0.5, 0.6) is 0 Å². The molecule has 0 radical (unpaired) electrons. The highest BCUT2D eigenvalue weighted by Gasteiger charge is 2.23. The molecule has 0 aromatic carbocycles. The number of pyridine rings is 1. The fourth-order valence-corrected chi connectivity index (χ4v) is 3.10. The second-order valence-corrected chi connectivity index (χ2v) is 6.05. The molecule has 0 amide bonds. The molecule has 0 bridgehead atoms. The molecule has 4 heteroatoms. The van der Waals surface area contributed by atoms with Crippen molar-refractivity contribution < 1.29 is 0 Å². The van der Waals surface area contributed by atoms with Gasteiger partial charge in [0.05, 0.1) is 5.69 Å². The van der Waals surface area contributed by atoms with Gasteiger partial charge in [-0.3, -0.25) is 4.98 Å². The van der Waals surface area contributed by atoms with Gasteiger partial charge >= 0.3 is 0 Å². The van der Waals surface area contributed by atoms with Crippen LogP contribution in [0.1, 0.15) is 45.7 Å². The van der Waals surface area contributed by atoms with Crippen molar-refractivity contribution in [1.82, 2.24) is 10.3 Å². The maximum Gasteiger partial charge on any atom is 0.0684 e. The quantitative estimate of drug-likeness (QED) is 0.794. The van der Waals surface area contributed by atoms with Crippen LogP contribution in [0.15, 0.2) is 21.2 Å². The predicted octanol–water partition coefficient (Wildman–Crippen LogP) is 4.67. The molecule has 1 aromatic rings. The normalized spacial score (nSPS) is 11.8. The van der Waals surface area contributed by atoms with Crippen molar-refractivity contribution in [3.05, 3.63) is 26.9 Å². The average molecular weight is 364 g/mol. The number of hydrogen-bond acceptors (Lipinski definition) is 2. The number of hydrogen-bond donors (Lipinski definition) is 1. The lowest BCUT2D eigenvalue weighted by molar-refractivity contribution is 0.286. The van der Waals surface area contributed by atoms with Crippen molar-refractivity contribution in [2.45, 2.75) is 52.1 Å². The second-order valence-electron chi connectivity index (χ2n) is 4.28. The minimum absolute atomic E-state index is 0.244.